The smallest absolute Gasteiger partial charge is 0.252 e. The van der Waals surface area contributed by atoms with Gasteiger partial charge in [0.05, 0.1) is 31.2 Å². The number of pyridine rings is 1. The number of benzene rings is 2. The molecule has 1 atom stereocenters. The molecule has 3 heterocycles. The van der Waals surface area contributed by atoms with Gasteiger partial charge in [0.15, 0.2) is 0 Å². The van der Waals surface area contributed by atoms with E-state index in [2.05, 4.69) is 37.3 Å². The number of ether oxygens (including phenoxy) is 1. The van der Waals surface area contributed by atoms with Gasteiger partial charge in [0.1, 0.15) is 17.1 Å². The molecule has 1 amide bonds. The van der Waals surface area contributed by atoms with Crippen molar-refractivity contribution in [2.45, 2.75) is 6.04 Å². The molecule has 2 aromatic carbocycles. The average Bonchev–Trinajstić information content (AvgIpc) is 3.51. The Morgan fingerprint density at radius 3 is 2.51 bits per heavy atom. The predicted molar refractivity (Wildman–Crippen MR) is 132 cm³/mol. The van der Waals surface area contributed by atoms with Crippen LogP contribution in [0.4, 0.5) is 0 Å². The Morgan fingerprint density at radius 2 is 1.80 bits per heavy atom. The summed E-state index contributed by atoms with van der Waals surface area (Å²) in [4.78, 5) is 21.4. The molecule has 1 unspecified atom stereocenters. The second-order valence-corrected chi connectivity index (χ2v) is 7.93. The number of H-pyrrole nitrogens is 1. The largest absolute Gasteiger partial charge is 0.497 e. The van der Waals surface area contributed by atoms with E-state index in [0.717, 1.165) is 33.5 Å². The normalized spacial score (nSPS) is 11.5. The Balaban J connectivity index is 1.42. The van der Waals surface area contributed by atoms with Crippen LogP contribution in [0.15, 0.2) is 79.5 Å². The van der Waals surface area contributed by atoms with Crippen LogP contribution in [0.2, 0.25) is 0 Å². The second-order valence-electron chi connectivity index (χ2n) is 7.93. The van der Waals surface area contributed by atoms with Crippen LogP contribution in [0.1, 0.15) is 38.9 Å². The minimum absolute atomic E-state index is 0.207. The number of rotatable bonds is 5. The molecule has 2 N–H and O–H groups in total. The van der Waals surface area contributed by atoms with Gasteiger partial charge in [-0.15, -0.1) is 0 Å². The molecule has 8 nitrogen and oxygen atoms in total. The molecule has 0 radical (unpaired) electrons. The molecule has 0 fully saturated rings. The van der Waals surface area contributed by atoms with E-state index >= 15 is 0 Å². The van der Waals surface area contributed by atoms with E-state index in [1.54, 1.807) is 44.2 Å². The maximum atomic E-state index is 13.3. The highest BCUT2D eigenvalue weighted by Gasteiger charge is 2.19. The third-order valence-corrected chi connectivity index (χ3v) is 5.71. The lowest BCUT2D eigenvalue weighted by atomic mass is 9.99. The van der Waals surface area contributed by atoms with Crippen LogP contribution >= 0.6 is 0 Å². The number of hydrogen-bond acceptors (Lipinski definition) is 5. The summed E-state index contributed by atoms with van der Waals surface area (Å²) in [6.07, 6.45) is 6.82. The Hall–Kier alpha value is -4.90. The number of hydrogen-bond donors (Lipinski definition) is 2. The van der Waals surface area contributed by atoms with E-state index in [4.69, 9.17) is 4.74 Å². The first-order chi connectivity index (χ1) is 17.1. The van der Waals surface area contributed by atoms with E-state index in [-0.39, 0.29) is 11.9 Å². The van der Waals surface area contributed by atoms with Gasteiger partial charge in [-0.1, -0.05) is 12.1 Å². The molecule has 5 rings (SSSR count). The quantitative estimate of drug-likeness (QED) is 0.389. The SMILES string of the molecule is COc1ccc(C(NC(=O)c2ccc3c(C#Cc4cncn4C)n[nH]c3c2)c2ccncc2)cc1. The molecule has 0 spiro atoms. The first kappa shape index (κ1) is 21.9. The fourth-order valence-electron chi connectivity index (χ4n) is 3.78. The van der Waals surface area contributed by atoms with Crippen LogP contribution < -0.4 is 10.1 Å². The summed E-state index contributed by atoms with van der Waals surface area (Å²) < 4.78 is 7.11. The number of amides is 1. The molecule has 3 aromatic heterocycles. The van der Waals surface area contributed by atoms with Gasteiger partial charge >= 0.3 is 0 Å². The van der Waals surface area contributed by atoms with E-state index in [9.17, 15) is 4.79 Å². The minimum atomic E-state index is -0.353. The zero-order valence-corrected chi connectivity index (χ0v) is 19.2. The monoisotopic (exact) mass is 462 g/mol. The highest BCUT2D eigenvalue weighted by Crippen LogP contribution is 2.25. The molecule has 0 saturated heterocycles. The maximum absolute atomic E-state index is 13.3. The van der Waals surface area contributed by atoms with Crippen molar-refractivity contribution in [2.75, 3.05) is 7.11 Å². The fourth-order valence-corrected chi connectivity index (χ4v) is 3.78. The van der Waals surface area contributed by atoms with Crippen molar-refractivity contribution in [1.82, 2.24) is 30.0 Å². The van der Waals surface area contributed by atoms with Crippen LogP contribution in [0.5, 0.6) is 5.75 Å². The summed E-state index contributed by atoms with van der Waals surface area (Å²) in [5.74, 6) is 6.69. The number of carbonyl (C=O) groups excluding carboxylic acids is 1. The minimum Gasteiger partial charge on any atom is -0.497 e. The van der Waals surface area contributed by atoms with Crippen LogP contribution in [0.25, 0.3) is 10.9 Å². The molecular weight excluding hydrogens is 440 g/mol. The molecule has 0 aliphatic heterocycles. The summed E-state index contributed by atoms with van der Waals surface area (Å²) in [6.45, 7) is 0. The number of fused-ring (bicyclic) bond motifs is 1. The number of carbonyl (C=O) groups is 1. The number of methoxy groups -OCH3 is 1. The zero-order valence-electron chi connectivity index (χ0n) is 19.2. The van der Waals surface area contributed by atoms with E-state index in [1.165, 1.54) is 0 Å². The lowest BCUT2D eigenvalue weighted by Gasteiger charge is -2.20. The number of nitrogens with one attached hydrogen (secondary N) is 2. The van der Waals surface area contributed by atoms with Gasteiger partial charge in [-0.3, -0.25) is 14.9 Å². The highest BCUT2D eigenvalue weighted by molar-refractivity contribution is 5.99. The molecule has 0 bridgehead atoms. The Kier molecular flexibility index (Phi) is 5.97. The molecule has 0 aliphatic rings. The maximum Gasteiger partial charge on any atom is 0.252 e. The number of aromatic nitrogens is 5. The summed E-state index contributed by atoms with van der Waals surface area (Å²) in [5.41, 5.74) is 4.50. The number of nitrogens with zero attached hydrogens (tertiary/aromatic N) is 4. The van der Waals surface area contributed by atoms with Gasteiger partial charge in [-0.2, -0.15) is 5.10 Å². The Bertz CT molecular complexity index is 1540. The number of aryl methyl sites for hydroxylation is 1. The summed E-state index contributed by atoms with van der Waals surface area (Å²) in [6, 6.07) is 16.5. The number of imidazole rings is 1. The van der Waals surface area contributed by atoms with Gasteiger partial charge in [0.25, 0.3) is 5.91 Å². The third-order valence-electron chi connectivity index (χ3n) is 5.71. The van der Waals surface area contributed by atoms with Crippen molar-refractivity contribution in [3.8, 4) is 17.6 Å². The van der Waals surface area contributed by atoms with Crippen LogP contribution in [0.3, 0.4) is 0 Å². The molecule has 35 heavy (non-hydrogen) atoms. The predicted octanol–water partition coefficient (Wildman–Crippen LogP) is 3.62. The van der Waals surface area contributed by atoms with Crippen LogP contribution in [-0.2, 0) is 7.05 Å². The van der Waals surface area contributed by atoms with Gasteiger partial charge in [0, 0.05) is 30.4 Å². The van der Waals surface area contributed by atoms with Crippen molar-refractivity contribution in [2.24, 2.45) is 7.05 Å². The van der Waals surface area contributed by atoms with Crippen molar-refractivity contribution in [3.05, 3.63) is 108 Å². The third kappa shape index (κ3) is 4.61. The first-order valence-corrected chi connectivity index (χ1v) is 10.9. The van der Waals surface area contributed by atoms with Gasteiger partial charge < -0.3 is 14.6 Å². The summed E-state index contributed by atoms with van der Waals surface area (Å²) in [7, 11) is 3.51. The van der Waals surface area contributed by atoms with Crippen molar-refractivity contribution >= 4 is 16.8 Å². The fraction of sp³-hybridized carbons (Fsp3) is 0.111. The Labute approximate surface area is 202 Å². The van der Waals surface area contributed by atoms with E-state index in [1.807, 2.05) is 54.1 Å². The van der Waals surface area contributed by atoms with Crippen molar-refractivity contribution in [3.63, 3.8) is 0 Å². The molecule has 8 heteroatoms. The molecular formula is C27H22N6O2. The molecule has 5 aromatic rings. The summed E-state index contributed by atoms with van der Waals surface area (Å²) >= 11 is 0. The second kappa shape index (κ2) is 9.53. The lowest BCUT2D eigenvalue weighted by Crippen LogP contribution is -2.29. The average molecular weight is 463 g/mol. The molecule has 0 aliphatic carbocycles. The van der Waals surface area contributed by atoms with Gasteiger partial charge in [0.2, 0.25) is 0 Å². The lowest BCUT2D eigenvalue weighted by molar-refractivity contribution is 0.0943. The van der Waals surface area contributed by atoms with Crippen molar-refractivity contribution in [1.29, 1.82) is 0 Å². The molecule has 0 saturated carbocycles. The molecule has 172 valence electrons. The summed E-state index contributed by atoms with van der Waals surface area (Å²) in [5, 5.41) is 11.3. The van der Waals surface area contributed by atoms with Gasteiger partial charge in [-0.05, 0) is 65.4 Å². The Morgan fingerprint density at radius 1 is 1.03 bits per heavy atom. The zero-order chi connectivity index (χ0) is 24.2. The topological polar surface area (TPSA) is 97.7 Å². The van der Waals surface area contributed by atoms with Gasteiger partial charge in [-0.25, -0.2) is 4.98 Å². The number of aromatic amines is 1. The van der Waals surface area contributed by atoms with Crippen molar-refractivity contribution < 1.29 is 9.53 Å². The van der Waals surface area contributed by atoms with Crippen LogP contribution in [-0.4, -0.2) is 37.7 Å². The first-order valence-electron chi connectivity index (χ1n) is 10.9. The van der Waals surface area contributed by atoms with E-state index in [0.29, 0.717) is 11.3 Å². The standard InChI is InChI=1S/C27H22N6O2/c1-33-17-29-16-21(33)6-10-24-23-9-5-20(15-25(23)32-31-24)27(34)30-26(19-11-13-28-14-12-19)18-3-7-22(35-2)8-4-18/h3-5,7-9,11-17,26H,1-2H3,(H,30,34)(H,31,32). The highest BCUT2D eigenvalue weighted by atomic mass is 16.5. The van der Waals surface area contributed by atoms with E-state index < -0.39 is 0 Å². The van der Waals surface area contributed by atoms with Crippen LogP contribution in [0, 0.1) is 11.8 Å².